The molecule has 0 aromatic heterocycles. The first-order valence-corrected chi connectivity index (χ1v) is 8.48. The third kappa shape index (κ3) is 3.24. The highest BCUT2D eigenvalue weighted by atomic mass is 16.5. The number of hydrogen-bond donors (Lipinski definition) is 2. The number of amides is 3. The Morgan fingerprint density at radius 3 is 2.83 bits per heavy atom. The van der Waals surface area contributed by atoms with E-state index in [1.54, 1.807) is 6.92 Å². The first kappa shape index (κ1) is 16.8. The van der Waals surface area contributed by atoms with Crippen molar-refractivity contribution in [3.63, 3.8) is 0 Å². The Labute approximate surface area is 141 Å². The van der Waals surface area contributed by atoms with E-state index >= 15 is 0 Å². The summed E-state index contributed by atoms with van der Waals surface area (Å²) >= 11 is 0. The van der Waals surface area contributed by atoms with Crippen molar-refractivity contribution < 1.29 is 19.4 Å². The molecule has 130 valence electrons. The van der Waals surface area contributed by atoms with E-state index in [1.165, 1.54) is 0 Å². The Morgan fingerprint density at radius 1 is 1.42 bits per heavy atom. The number of hydrogen-bond acceptors (Lipinski definition) is 4. The van der Waals surface area contributed by atoms with Gasteiger partial charge in [-0.3, -0.25) is 9.69 Å². The minimum Gasteiger partial charge on any atom is -0.491 e. The fourth-order valence-electron chi connectivity index (χ4n) is 3.13. The van der Waals surface area contributed by atoms with E-state index in [2.05, 4.69) is 12.2 Å². The van der Waals surface area contributed by atoms with Gasteiger partial charge in [0.2, 0.25) is 0 Å². The van der Waals surface area contributed by atoms with Gasteiger partial charge in [0.25, 0.3) is 5.91 Å². The zero-order valence-electron chi connectivity index (χ0n) is 14.1. The van der Waals surface area contributed by atoms with Crippen LogP contribution in [0.2, 0.25) is 0 Å². The Balaban J connectivity index is 1.55. The number of aliphatic hydroxyl groups is 1. The lowest BCUT2D eigenvalue weighted by Gasteiger charge is -2.22. The Morgan fingerprint density at radius 2 is 2.17 bits per heavy atom. The van der Waals surface area contributed by atoms with Crippen molar-refractivity contribution in [1.29, 1.82) is 0 Å². The summed E-state index contributed by atoms with van der Waals surface area (Å²) in [5.74, 6) is 0.638. The zero-order valence-corrected chi connectivity index (χ0v) is 14.1. The zero-order chi connectivity index (χ0) is 17.3. The summed E-state index contributed by atoms with van der Waals surface area (Å²) < 4.78 is 5.58. The molecule has 3 amide bonds. The van der Waals surface area contributed by atoms with Crippen molar-refractivity contribution in [2.24, 2.45) is 5.92 Å². The molecule has 1 aliphatic carbocycles. The van der Waals surface area contributed by atoms with Gasteiger partial charge in [-0.1, -0.05) is 19.1 Å². The van der Waals surface area contributed by atoms with Crippen LogP contribution in [0.25, 0.3) is 0 Å². The maximum absolute atomic E-state index is 12.5. The molecule has 1 aromatic carbocycles. The predicted octanol–water partition coefficient (Wildman–Crippen LogP) is 1.71. The van der Waals surface area contributed by atoms with Gasteiger partial charge in [0.15, 0.2) is 0 Å². The number of nitrogens with zero attached hydrogens (tertiary/aromatic N) is 1. The topological polar surface area (TPSA) is 78.9 Å². The van der Waals surface area contributed by atoms with Gasteiger partial charge < -0.3 is 15.2 Å². The molecule has 2 atom stereocenters. The summed E-state index contributed by atoms with van der Waals surface area (Å²) in [6.07, 6.45) is 1.89. The van der Waals surface area contributed by atoms with Gasteiger partial charge in [-0.2, -0.15) is 0 Å². The molecule has 1 saturated heterocycles. The van der Waals surface area contributed by atoms with Crippen molar-refractivity contribution in [3.8, 4) is 5.75 Å². The molecule has 0 bridgehead atoms. The van der Waals surface area contributed by atoms with Crippen molar-refractivity contribution in [3.05, 3.63) is 29.8 Å². The number of nitrogens with one attached hydrogen (secondary N) is 1. The van der Waals surface area contributed by atoms with Crippen LogP contribution in [-0.4, -0.2) is 46.7 Å². The quantitative estimate of drug-likeness (QED) is 0.745. The number of aryl methyl sites for hydroxylation is 1. The van der Waals surface area contributed by atoms with E-state index in [9.17, 15) is 14.7 Å². The molecule has 2 aliphatic rings. The molecular formula is C18H24N2O4. The number of carbonyl (C=O) groups excluding carboxylic acids is 2. The predicted molar refractivity (Wildman–Crippen MR) is 88.7 cm³/mol. The lowest BCUT2D eigenvalue weighted by molar-refractivity contribution is -0.132. The Bertz CT molecular complexity index is 644. The van der Waals surface area contributed by atoms with Crippen molar-refractivity contribution >= 4 is 11.9 Å². The third-order valence-corrected chi connectivity index (χ3v) is 4.84. The average molecular weight is 332 g/mol. The van der Waals surface area contributed by atoms with Crippen LogP contribution in [0, 0.1) is 5.92 Å². The first-order chi connectivity index (χ1) is 11.4. The summed E-state index contributed by atoms with van der Waals surface area (Å²) in [4.78, 5) is 25.7. The molecule has 3 rings (SSSR count). The summed E-state index contributed by atoms with van der Waals surface area (Å²) in [6.45, 7) is 3.80. The summed E-state index contributed by atoms with van der Waals surface area (Å²) in [5, 5.41) is 12.9. The molecule has 0 unspecified atom stereocenters. The second kappa shape index (κ2) is 6.43. The van der Waals surface area contributed by atoms with Crippen LogP contribution in [0.4, 0.5) is 4.79 Å². The number of imide groups is 1. The maximum Gasteiger partial charge on any atom is 0.325 e. The smallest absolute Gasteiger partial charge is 0.325 e. The van der Waals surface area contributed by atoms with E-state index in [4.69, 9.17) is 4.74 Å². The third-order valence-electron chi connectivity index (χ3n) is 4.84. The fourth-order valence-corrected chi connectivity index (χ4v) is 3.13. The molecule has 6 heteroatoms. The van der Waals surface area contributed by atoms with Gasteiger partial charge in [-0.25, -0.2) is 4.79 Å². The Hall–Kier alpha value is -2.08. The van der Waals surface area contributed by atoms with E-state index in [0.717, 1.165) is 29.7 Å². The molecule has 1 aliphatic heterocycles. The summed E-state index contributed by atoms with van der Waals surface area (Å²) in [6, 6.07) is 7.23. The number of rotatable bonds is 7. The van der Waals surface area contributed by atoms with Gasteiger partial charge in [0.05, 0.1) is 6.54 Å². The molecule has 1 saturated carbocycles. The second-order valence-electron chi connectivity index (χ2n) is 6.79. The minimum absolute atomic E-state index is 0.0321. The monoisotopic (exact) mass is 332 g/mol. The van der Waals surface area contributed by atoms with E-state index in [1.807, 2.05) is 24.3 Å². The van der Waals surface area contributed by atoms with Crippen LogP contribution in [0.1, 0.15) is 32.3 Å². The SMILES string of the molecule is CCc1cccc(OC[C@@H](O)CN2C(=O)N[C@](C)(C3CC3)C2=O)c1. The first-order valence-electron chi connectivity index (χ1n) is 8.48. The fraction of sp³-hybridized carbons (Fsp3) is 0.556. The molecule has 0 spiro atoms. The van der Waals surface area contributed by atoms with Gasteiger partial charge in [0, 0.05) is 0 Å². The van der Waals surface area contributed by atoms with Crippen LogP contribution >= 0.6 is 0 Å². The maximum atomic E-state index is 12.5. The molecular weight excluding hydrogens is 308 g/mol. The molecule has 24 heavy (non-hydrogen) atoms. The van der Waals surface area contributed by atoms with E-state index < -0.39 is 17.7 Å². The van der Waals surface area contributed by atoms with Crippen molar-refractivity contribution in [1.82, 2.24) is 10.2 Å². The van der Waals surface area contributed by atoms with Crippen LogP contribution < -0.4 is 10.1 Å². The standard InChI is InChI=1S/C18H24N2O4/c1-3-12-5-4-6-15(9-12)24-11-14(21)10-20-16(22)18(2,13-7-8-13)19-17(20)23/h4-6,9,13-14,21H,3,7-8,10-11H2,1-2H3,(H,19,23)/t14-,18+/m0/s1. The minimum atomic E-state index is -0.925. The van der Waals surface area contributed by atoms with Gasteiger partial charge in [-0.05, 0) is 49.8 Å². The molecule has 2 fully saturated rings. The van der Waals surface area contributed by atoms with Crippen LogP contribution in [0.3, 0.4) is 0 Å². The van der Waals surface area contributed by atoms with E-state index in [-0.39, 0.29) is 25.0 Å². The Kier molecular flexibility index (Phi) is 4.49. The van der Waals surface area contributed by atoms with Gasteiger partial charge >= 0.3 is 6.03 Å². The summed E-state index contributed by atoms with van der Waals surface area (Å²) in [7, 11) is 0. The van der Waals surface area contributed by atoms with Crippen molar-refractivity contribution in [2.45, 2.75) is 44.8 Å². The molecule has 1 aromatic rings. The lowest BCUT2D eigenvalue weighted by atomic mass is 9.96. The number of urea groups is 1. The molecule has 1 heterocycles. The van der Waals surface area contributed by atoms with E-state index in [0.29, 0.717) is 5.75 Å². The lowest BCUT2D eigenvalue weighted by Crippen LogP contribution is -2.46. The normalized spacial score (nSPS) is 24.9. The number of carbonyl (C=O) groups is 2. The summed E-state index contributed by atoms with van der Waals surface area (Å²) in [5.41, 5.74) is 0.337. The number of aliphatic hydroxyl groups excluding tert-OH is 1. The second-order valence-corrected chi connectivity index (χ2v) is 6.79. The molecule has 0 radical (unpaired) electrons. The highest BCUT2D eigenvalue weighted by Gasteiger charge is 2.56. The van der Waals surface area contributed by atoms with Crippen LogP contribution in [0.5, 0.6) is 5.75 Å². The average Bonchev–Trinajstić information content (AvgIpc) is 3.39. The van der Waals surface area contributed by atoms with Crippen LogP contribution in [-0.2, 0) is 11.2 Å². The van der Waals surface area contributed by atoms with Gasteiger partial charge in [0.1, 0.15) is 24.0 Å². The highest BCUT2D eigenvalue weighted by molar-refractivity contribution is 6.07. The molecule has 2 N–H and O–H groups in total. The number of benzene rings is 1. The number of ether oxygens (including phenoxy) is 1. The van der Waals surface area contributed by atoms with Gasteiger partial charge in [-0.15, -0.1) is 0 Å². The largest absolute Gasteiger partial charge is 0.491 e. The van der Waals surface area contributed by atoms with Crippen LogP contribution in [0.15, 0.2) is 24.3 Å². The van der Waals surface area contributed by atoms with Crippen molar-refractivity contribution in [2.75, 3.05) is 13.2 Å². The highest BCUT2D eigenvalue weighted by Crippen LogP contribution is 2.42. The number of β-amino-alcohol motifs (C(OH)–C–C–N with tert-alkyl or cyclic N) is 1. The molecule has 6 nitrogen and oxygen atoms in total.